The molecule has 0 radical (unpaired) electrons. The molecule has 23 aliphatic rings. The molecule has 0 amide bonds. The summed E-state index contributed by atoms with van der Waals surface area (Å²) in [6.07, 6.45) is 40.8. The van der Waals surface area contributed by atoms with Gasteiger partial charge in [-0.25, -0.2) is 0 Å². The second kappa shape index (κ2) is 51.0. The summed E-state index contributed by atoms with van der Waals surface area (Å²) in [7, 11) is 0. The molecule has 13 heterocycles. The summed E-state index contributed by atoms with van der Waals surface area (Å²) in [5.41, 5.74) is 0.454. The summed E-state index contributed by atoms with van der Waals surface area (Å²) >= 11 is 0. The number of esters is 6. The summed E-state index contributed by atoms with van der Waals surface area (Å²) in [6, 6.07) is 0. The van der Waals surface area contributed by atoms with Crippen LogP contribution in [0.2, 0.25) is 0 Å². The van der Waals surface area contributed by atoms with Gasteiger partial charge < -0.3 is 118 Å². The number of ether oxygens (including phenoxy) is 25. The van der Waals surface area contributed by atoms with Gasteiger partial charge in [0.1, 0.15) is 100 Å². The molecule has 13 saturated heterocycles. The predicted molar refractivity (Wildman–Crippen MR) is 474 cm³/mol. The van der Waals surface area contributed by atoms with E-state index < -0.39 is 29.7 Å². The van der Waals surface area contributed by atoms with Crippen molar-refractivity contribution in [3.05, 3.63) is 0 Å². The van der Waals surface area contributed by atoms with E-state index in [1.54, 1.807) is 38.5 Å². The lowest BCUT2D eigenvalue weighted by Crippen LogP contribution is -2.40. The van der Waals surface area contributed by atoms with E-state index in [0.29, 0.717) is 163 Å². The van der Waals surface area contributed by atoms with E-state index in [1.807, 2.05) is 13.8 Å². The van der Waals surface area contributed by atoms with Gasteiger partial charge in [-0.3, -0.25) is 28.8 Å². The van der Waals surface area contributed by atoms with Gasteiger partial charge in [-0.05, 0) is 252 Å². The third-order valence-corrected chi connectivity index (χ3v) is 31.7. The number of epoxide rings is 13. The standard InChI is InChI=1S/C21H36O4.C18H24O9.C14H20O6.C14H20O4.C14H24O4.C10H16.2C5H10O2/c1-21(2,15-3-7-17(8-4-15)22-11-19-13-24-19)16-5-9-18(10-6-16)23-12-20-14-25-20;19-16(25-7-11-4-22-11)10-1-2-14(17(20)26-8-12-5-23-12)15(3-10)18(21)27-9-13-6-24-13;15-13(19-7-9-5-17-9)11-3-1-2-4-12(11)14(16)20-8-10-6-18-10;15-14(9-2-4-11-13(6-9)18-11)16-7-8-1-3-10-12(5-8)17-10;1-2-12(6-16-8-14-10-18-14)4-3-11(1)5-15-7-13-9-17-13;1-2-9-7-4-5-8(6-7)10(9)3-1;2*1-2-6-3-5-4-7-5/h15-20H,3-14H2,1-2H3;10-15H,1-9H2;9-12H,1-8H2;8-13H,1-7H2;11-14H,1-10H2;7-10H,1-6H2;2*5H,2-4H2,1H3. The highest BCUT2D eigenvalue weighted by Gasteiger charge is 2.52. The average molecular weight is 1870 g/mol. The maximum atomic E-state index is 12.6. The number of fused-ring (bicyclic) bond motifs is 7. The van der Waals surface area contributed by atoms with Crippen LogP contribution < -0.4 is 0 Å². The number of rotatable bonds is 40. The molecule has 13 aliphatic heterocycles. The second-order valence-corrected chi connectivity index (χ2v) is 42.4. The average Bonchev–Trinajstić information content (AvgIpc) is 1.63. The minimum absolute atomic E-state index is 0.00258. The first-order valence-electron chi connectivity index (χ1n) is 52.1. The maximum absolute atomic E-state index is 12.6. The third-order valence-electron chi connectivity index (χ3n) is 31.7. The number of hydrogen-bond acceptors (Lipinski definition) is 31. The fourth-order valence-electron chi connectivity index (χ4n) is 22.0. The monoisotopic (exact) mass is 1870 g/mol. The molecule has 132 heavy (non-hydrogen) atoms. The van der Waals surface area contributed by atoms with E-state index in [9.17, 15) is 28.8 Å². The molecular weight excluding hydrogens is 1710 g/mol. The van der Waals surface area contributed by atoms with Crippen molar-refractivity contribution in [1.82, 2.24) is 0 Å². The molecule has 23 fully saturated rings. The Morgan fingerprint density at radius 2 is 0.576 bits per heavy atom. The molecule has 0 N–H and O–H groups in total. The van der Waals surface area contributed by atoms with Crippen molar-refractivity contribution in [2.75, 3.05) is 178 Å². The molecule has 26 atom stereocenters. The van der Waals surface area contributed by atoms with Gasteiger partial charge in [0, 0.05) is 26.4 Å². The molecule has 0 aromatic rings. The molecule has 31 nitrogen and oxygen atoms in total. The molecule has 10 saturated carbocycles. The Morgan fingerprint density at radius 1 is 0.258 bits per heavy atom. The normalized spacial score (nSPS) is 39.9. The summed E-state index contributed by atoms with van der Waals surface area (Å²) in [5, 5.41) is 0. The van der Waals surface area contributed by atoms with Crippen LogP contribution in [0.5, 0.6) is 0 Å². The van der Waals surface area contributed by atoms with Crippen LogP contribution in [0.1, 0.15) is 227 Å². The van der Waals surface area contributed by atoms with E-state index >= 15 is 0 Å². The first-order valence-corrected chi connectivity index (χ1v) is 52.1. The van der Waals surface area contributed by atoms with Gasteiger partial charge >= 0.3 is 35.8 Å². The van der Waals surface area contributed by atoms with Crippen LogP contribution in [0.4, 0.5) is 0 Å². The van der Waals surface area contributed by atoms with Crippen molar-refractivity contribution in [2.45, 2.75) is 331 Å². The van der Waals surface area contributed by atoms with Crippen molar-refractivity contribution in [1.29, 1.82) is 0 Å². The summed E-state index contributed by atoms with van der Waals surface area (Å²) in [6.45, 7) is 27.6. The van der Waals surface area contributed by atoms with Crippen LogP contribution in [-0.4, -0.2) is 318 Å². The first-order chi connectivity index (χ1) is 64.4. The largest absolute Gasteiger partial charge is 0.465 e. The summed E-state index contributed by atoms with van der Waals surface area (Å²) < 4.78 is 132. The van der Waals surface area contributed by atoms with Gasteiger partial charge in [0.25, 0.3) is 0 Å². The molecule has 0 spiro atoms. The molecule has 31 heteroatoms. The van der Waals surface area contributed by atoms with Crippen molar-refractivity contribution in [2.24, 2.45) is 94.2 Å². The van der Waals surface area contributed by atoms with Crippen LogP contribution in [0.25, 0.3) is 0 Å². The van der Waals surface area contributed by atoms with Crippen LogP contribution in [0.3, 0.4) is 0 Å². The minimum Gasteiger partial charge on any atom is -0.465 e. The predicted octanol–water partition coefficient (Wildman–Crippen LogP) is 11.4. The molecule has 0 aromatic carbocycles. The molecule has 2 bridgehead atoms. The lowest BCUT2D eigenvalue weighted by atomic mass is 9.60. The Hall–Kier alpha value is -3.94. The van der Waals surface area contributed by atoms with Crippen LogP contribution >= 0.6 is 0 Å². The third kappa shape index (κ3) is 35.4. The summed E-state index contributed by atoms with van der Waals surface area (Å²) in [4.78, 5) is 73.5. The minimum atomic E-state index is -0.722. The van der Waals surface area contributed by atoms with Crippen LogP contribution in [0, 0.1) is 94.2 Å². The molecule has 10 aliphatic carbocycles. The quantitative estimate of drug-likeness (QED) is 0.0312. The van der Waals surface area contributed by atoms with Crippen molar-refractivity contribution in [3.63, 3.8) is 0 Å². The van der Waals surface area contributed by atoms with Crippen LogP contribution in [0.15, 0.2) is 0 Å². The SMILES string of the molecule is C1CC(COCC2CO2)CCC1COCC1CO1.C1CC2C3CCC(C3)C2C1.CC(C)(C1CCC(OCC2CO2)CC1)C1CCC(OCC2CO2)CC1.CCOCC1CO1.CCOCC1CO1.O=C(OCC1CCC2OC2C1)C1CCC2OC2C1.O=C(OCC1CO1)C1CCC(C(=O)OCC2CO2)C(C(=O)OCC2CO2)C1.O=C(OCC1CO1)C1CCCCC1C(=O)OCC1CO1. The summed E-state index contributed by atoms with van der Waals surface area (Å²) in [5.74, 6) is 4.26. The molecular formula is C101H160O31. The lowest BCUT2D eigenvalue weighted by Gasteiger charge is -2.46. The Kier molecular flexibility index (Phi) is 39.0. The topological polar surface area (TPSA) is 376 Å². The highest BCUT2D eigenvalue weighted by atomic mass is 16.7. The Labute approximate surface area is 782 Å². The molecule has 0 aromatic heterocycles. The van der Waals surface area contributed by atoms with Gasteiger partial charge in [0.2, 0.25) is 0 Å². The van der Waals surface area contributed by atoms with E-state index in [2.05, 4.69) is 13.8 Å². The maximum Gasteiger partial charge on any atom is 0.309 e. The van der Waals surface area contributed by atoms with Crippen molar-refractivity contribution in [3.8, 4) is 0 Å². The smallest absolute Gasteiger partial charge is 0.309 e. The molecule has 750 valence electrons. The van der Waals surface area contributed by atoms with Gasteiger partial charge in [0.15, 0.2) is 0 Å². The van der Waals surface area contributed by atoms with Gasteiger partial charge in [0.05, 0.1) is 191 Å². The zero-order chi connectivity index (χ0) is 91.1. The zero-order valence-electron chi connectivity index (χ0n) is 79.6. The molecule has 23 rings (SSSR count). The zero-order valence-corrected chi connectivity index (χ0v) is 79.6. The van der Waals surface area contributed by atoms with E-state index in [4.69, 9.17) is 118 Å². The van der Waals surface area contributed by atoms with Crippen molar-refractivity contribution >= 4 is 35.8 Å². The number of carbonyl (C=O) groups excluding carboxylic acids is 6. The van der Waals surface area contributed by atoms with Gasteiger partial charge in [-0.1, -0.05) is 33.1 Å². The Balaban J connectivity index is 0.000000114. The first kappa shape index (κ1) is 101. The van der Waals surface area contributed by atoms with E-state index in [-0.39, 0.29) is 98.4 Å². The lowest BCUT2D eigenvalue weighted by molar-refractivity contribution is -0.167. The highest BCUT2D eigenvalue weighted by Crippen LogP contribution is 2.59. The number of carbonyl (C=O) groups is 6. The Morgan fingerprint density at radius 3 is 0.955 bits per heavy atom. The van der Waals surface area contributed by atoms with Crippen LogP contribution in [-0.2, 0) is 147 Å². The van der Waals surface area contributed by atoms with E-state index in [0.717, 1.165) is 181 Å². The Bertz CT molecular complexity index is 3320. The molecule has 26 unspecified atom stereocenters. The highest BCUT2D eigenvalue weighted by molar-refractivity contribution is 5.84. The van der Waals surface area contributed by atoms with Crippen molar-refractivity contribution < 1.29 is 147 Å². The fourth-order valence-corrected chi connectivity index (χ4v) is 22.0. The van der Waals surface area contributed by atoms with Gasteiger partial charge in [-0.2, -0.15) is 0 Å². The fraction of sp³-hybridized carbons (Fsp3) is 0.941. The second-order valence-electron chi connectivity index (χ2n) is 42.4. The van der Waals surface area contributed by atoms with E-state index in [1.165, 1.54) is 101 Å². The van der Waals surface area contributed by atoms with Gasteiger partial charge in [-0.15, -0.1) is 0 Å². The number of hydrogen-bond donors (Lipinski definition) is 0.